The number of fused-ring (bicyclic) bond motifs is 1. The van der Waals surface area contributed by atoms with E-state index in [9.17, 15) is 0 Å². The number of nitriles is 1. The zero-order valence-corrected chi connectivity index (χ0v) is 15.5. The van der Waals surface area contributed by atoms with Crippen LogP contribution >= 0.6 is 0 Å². The van der Waals surface area contributed by atoms with Crippen molar-refractivity contribution in [3.05, 3.63) is 54.6 Å². The van der Waals surface area contributed by atoms with Crippen LogP contribution in [0.3, 0.4) is 0 Å². The Morgan fingerprint density at radius 1 is 1.21 bits per heavy atom. The third-order valence-corrected chi connectivity index (χ3v) is 4.53. The highest BCUT2D eigenvalue weighted by atomic mass is 15.3. The minimum Gasteiger partial charge on any atom is -0.397 e. The molecule has 0 amide bonds. The summed E-state index contributed by atoms with van der Waals surface area (Å²) >= 11 is 0. The number of nitrogens with zero attached hydrogens (tertiary/aromatic N) is 6. The van der Waals surface area contributed by atoms with E-state index in [4.69, 9.17) is 11.0 Å². The first-order valence-corrected chi connectivity index (χ1v) is 8.74. The number of benzene rings is 1. The molecule has 3 N–H and O–H groups in total. The minimum atomic E-state index is -0.344. The van der Waals surface area contributed by atoms with E-state index in [1.165, 1.54) is 0 Å². The molecule has 4 rings (SSSR count). The van der Waals surface area contributed by atoms with Gasteiger partial charge in [0.2, 0.25) is 0 Å². The second-order valence-corrected chi connectivity index (χ2v) is 6.56. The van der Waals surface area contributed by atoms with Gasteiger partial charge >= 0.3 is 0 Å². The summed E-state index contributed by atoms with van der Waals surface area (Å²) in [6, 6.07) is 9.57. The quantitative estimate of drug-likeness (QED) is 0.527. The van der Waals surface area contributed by atoms with E-state index in [1.54, 1.807) is 30.2 Å². The average Bonchev–Trinajstić information content (AvgIpc) is 3.16. The van der Waals surface area contributed by atoms with E-state index < -0.39 is 0 Å². The molecule has 0 aliphatic rings. The van der Waals surface area contributed by atoms with Gasteiger partial charge in [-0.2, -0.15) is 10.4 Å². The largest absolute Gasteiger partial charge is 0.397 e. The first-order chi connectivity index (χ1) is 13.5. The fraction of sp³-hybridized carbons (Fsp3) is 0.150. The maximum absolute atomic E-state index is 9.00. The van der Waals surface area contributed by atoms with Crippen molar-refractivity contribution in [2.75, 3.05) is 11.1 Å². The van der Waals surface area contributed by atoms with Crippen molar-refractivity contribution in [3.63, 3.8) is 0 Å². The van der Waals surface area contributed by atoms with Gasteiger partial charge in [0.25, 0.3) is 0 Å². The first kappa shape index (κ1) is 17.4. The van der Waals surface area contributed by atoms with Gasteiger partial charge in [-0.05, 0) is 49.2 Å². The number of rotatable bonds is 4. The zero-order valence-electron chi connectivity index (χ0n) is 15.5. The molecule has 0 saturated heterocycles. The molecule has 138 valence electrons. The molecule has 1 atom stereocenters. The summed E-state index contributed by atoms with van der Waals surface area (Å²) in [4.78, 5) is 4.22. The highest BCUT2D eigenvalue weighted by molar-refractivity contribution is 5.95. The van der Waals surface area contributed by atoms with Crippen molar-refractivity contribution in [2.24, 2.45) is 0 Å². The number of anilines is 3. The maximum atomic E-state index is 9.00. The number of pyridine rings is 1. The number of hydrogen-bond acceptors (Lipinski definition) is 7. The Hall–Kier alpha value is -3.99. The molecule has 0 spiro atoms. The minimum absolute atomic E-state index is 0.344. The van der Waals surface area contributed by atoms with E-state index in [0.717, 1.165) is 27.8 Å². The SMILES string of the molecule is Cc1ccncc1-c1cc(N)c2nnc(Nc3cnn(C(C)C#N)c3)cc2c1. The summed E-state index contributed by atoms with van der Waals surface area (Å²) in [5, 5.41) is 25.7. The third-order valence-electron chi connectivity index (χ3n) is 4.53. The fourth-order valence-corrected chi connectivity index (χ4v) is 2.99. The monoisotopic (exact) mass is 370 g/mol. The van der Waals surface area contributed by atoms with Crippen LogP contribution in [0.2, 0.25) is 0 Å². The molecule has 0 aliphatic heterocycles. The van der Waals surface area contributed by atoms with Crippen LogP contribution in [0.4, 0.5) is 17.2 Å². The molecule has 1 aromatic carbocycles. The van der Waals surface area contributed by atoms with Crippen LogP contribution in [0.25, 0.3) is 22.0 Å². The molecule has 0 fully saturated rings. The number of aryl methyl sites for hydroxylation is 1. The van der Waals surface area contributed by atoms with Crippen LogP contribution in [0.1, 0.15) is 18.5 Å². The second kappa shape index (κ2) is 6.96. The smallest absolute Gasteiger partial charge is 0.153 e. The fourth-order valence-electron chi connectivity index (χ4n) is 2.99. The molecular weight excluding hydrogens is 352 g/mol. The number of aromatic nitrogens is 5. The van der Waals surface area contributed by atoms with Gasteiger partial charge in [-0.1, -0.05) is 0 Å². The van der Waals surface area contributed by atoms with Crippen molar-refractivity contribution < 1.29 is 0 Å². The number of nitrogens with one attached hydrogen (secondary N) is 1. The molecular formula is C20H18N8. The summed E-state index contributed by atoms with van der Waals surface area (Å²) in [6.07, 6.45) is 6.99. The lowest BCUT2D eigenvalue weighted by molar-refractivity contribution is 0.591. The predicted molar refractivity (Wildman–Crippen MR) is 108 cm³/mol. The summed E-state index contributed by atoms with van der Waals surface area (Å²) in [5.74, 6) is 0.566. The molecule has 28 heavy (non-hydrogen) atoms. The maximum Gasteiger partial charge on any atom is 0.153 e. The Labute approximate surface area is 161 Å². The average molecular weight is 370 g/mol. The Morgan fingerprint density at radius 3 is 2.86 bits per heavy atom. The summed E-state index contributed by atoms with van der Waals surface area (Å²) in [5.41, 5.74) is 11.3. The first-order valence-electron chi connectivity index (χ1n) is 8.74. The molecule has 8 nitrogen and oxygen atoms in total. The van der Waals surface area contributed by atoms with Crippen LogP contribution in [-0.4, -0.2) is 25.0 Å². The molecule has 0 radical (unpaired) electrons. The van der Waals surface area contributed by atoms with Gasteiger partial charge < -0.3 is 11.1 Å². The van der Waals surface area contributed by atoms with Crippen LogP contribution in [0.15, 0.2) is 49.1 Å². The van der Waals surface area contributed by atoms with Crippen molar-refractivity contribution in [3.8, 4) is 17.2 Å². The zero-order chi connectivity index (χ0) is 19.7. The van der Waals surface area contributed by atoms with Crippen molar-refractivity contribution >= 4 is 28.1 Å². The predicted octanol–water partition coefficient (Wildman–Crippen LogP) is 3.61. The van der Waals surface area contributed by atoms with Crippen LogP contribution in [0, 0.1) is 18.3 Å². The Kier molecular flexibility index (Phi) is 4.33. The van der Waals surface area contributed by atoms with Gasteiger partial charge in [-0.15, -0.1) is 10.2 Å². The van der Waals surface area contributed by atoms with Crippen LogP contribution in [0.5, 0.6) is 0 Å². The van der Waals surface area contributed by atoms with E-state index in [-0.39, 0.29) is 6.04 Å². The van der Waals surface area contributed by atoms with Gasteiger partial charge in [0, 0.05) is 29.5 Å². The van der Waals surface area contributed by atoms with E-state index >= 15 is 0 Å². The highest BCUT2D eigenvalue weighted by Crippen LogP contribution is 2.30. The van der Waals surface area contributed by atoms with Gasteiger partial charge in [-0.25, -0.2) is 0 Å². The lowest BCUT2D eigenvalue weighted by Gasteiger charge is -2.10. The molecule has 1 unspecified atom stereocenters. The van der Waals surface area contributed by atoms with E-state index in [1.807, 2.05) is 37.4 Å². The second-order valence-electron chi connectivity index (χ2n) is 6.56. The third kappa shape index (κ3) is 3.21. The molecule has 8 heteroatoms. The van der Waals surface area contributed by atoms with Gasteiger partial charge in [0.05, 0.1) is 23.6 Å². The Bertz CT molecular complexity index is 1200. The van der Waals surface area contributed by atoms with Crippen molar-refractivity contribution in [1.29, 1.82) is 5.26 Å². The van der Waals surface area contributed by atoms with Crippen molar-refractivity contribution in [1.82, 2.24) is 25.0 Å². The topological polar surface area (TPSA) is 118 Å². The van der Waals surface area contributed by atoms with Gasteiger partial charge in [0.1, 0.15) is 11.6 Å². The molecule has 0 aliphatic carbocycles. The van der Waals surface area contributed by atoms with E-state index in [0.29, 0.717) is 17.0 Å². The van der Waals surface area contributed by atoms with Crippen LogP contribution < -0.4 is 11.1 Å². The molecule has 4 aromatic rings. The number of hydrogen-bond donors (Lipinski definition) is 2. The summed E-state index contributed by atoms with van der Waals surface area (Å²) < 4.78 is 1.58. The molecule has 3 heterocycles. The normalized spacial score (nSPS) is 11.9. The molecule has 3 aromatic heterocycles. The standard InChI is InChI=1S/C20H18N8/c1-12-3-4-23-10-17(12)14-5-15-7-19(26-27-20(15)18(22)6-14)25-16-9-24-28(11-16)13(2)8-21/h3-7,9-11,13H,22H2,1-2H3,(H,25,26). The lowest BCUT2D eigenvalue weighted by atomic mass is 10.0. The van der Waals surface area contributed by atoms with Gasteiger partial charge in [0.15, 0.2) is 5.82 Å². The molecule has 0 saturated carbocycles. The molecule has 0 bridgehead atoms. The van der Waals surface area contributed by atoms with Crippen LogP contribution in [-0.2, 0) is 0 Å². The number of nitrogens with two attached hydrogens (primary N) is 1. The highest BCUT2D eigenvalue weighted by Gasteiger charge is 2.10. The van der Waals surface area contributed by atoms with Crippen molar-refractivity contribution in [2.45, 2.75) is 19.9 Å². The number of nitrogen functional groups attached to an aromatic ring is 1. The Morgan fingerprint density at radius 2 is 2.07 bits per heavy atom. The summed E-state index contributed by atoms with van der Waals surface area (Å²) in [7, 11) is 0. The lowest BCUT2D eigenvalue weighted by Crippen LogP contribution is -2.02. The van der Waals surface area contributed by atoms with E-state index in [2.05, 4.69) is 31.7 Å². The summed E-state index contributed by atoms with van der Waals surface area (Å²) in [6.45, 7) is 3.81. The van der Waals surface area contributed by atoms with Gasteiger partial charge in [-0.3, -0.25) is 9.67 Å². The Balaban J connectivity index is 1.71.